The third-order valence-corrected chi connectivity index (χ3v) is 2.47. The van der Waals surface area contributed by atoms with E-state index in [-0.39, 0.29) is 0 Å². The van der Waals surface area contributed by atoms with Gasteiger partial charge in [0.15, 0.2) is 0 Å². The Kier molecular flexibility index (Phi) is 3.23. The molecule has 0 unspecified atom stereocenters. The van der Waals surface area contributed by atoms with Gasteiger partial charge in [-0.2, -0.15) is 0 Å². The molecule has 64 valence electrons. The molecule has 0 aliphatic heterocycles. The smallest absolute Gasteiger partial charge is 0.0907 e. The monoisotopic (exact) mass is 179 g/mol. The number of rotatable bonds is 3. The maximum Gasteiger partial charge on any atom is 0.0907 e. The van der Waals surface area contributed by atoms with E-state index in [1.165, 1.54) is 0 Å². The van der Waals surface area contributed by atoms with Crippen LogP contribution < -0.4 is 0 Å². The molecule has 1 aromatic heterocycles. The van der Waals surface area contributed by atoms with Crippen LogP contribution in [0.3, 0.4) is 0 Å². The molecule has 0 bridgehead atoms. The third kappa shape index (κ3) is 2.05. The summed E-state index contributed by atoms with van der Waals surface area (Å²) in [6.45, 7) is 7.88. The number of allylic oxidation sites excluding steroid dienone is 1. The van der Waals surface area contributed by atoms with Crippen LogP contribution in [0.2, 0.25) is 0 Å². The van der Waals surface area contributed by atoms with Gasteiger partial charge in [-0.25, -0.2) is 4.98 Å². The lowest BCUT2D eigenvalue weighted by molar-refractivity contribution is 1.22. The molecule has 0 fully saturated rings. The highest BCUT2D eigenvalue weighted by Gasteiger charge is 2.00. The van der Waals surface area contributed by atoms with Crippen LogP contribution in [0.25, 0.3) is 12.2 Å². The minimum Gasteiger partial charge on any atom is -0.242 e. The Morgan fingerprint density at radius 1 is 1.58 bits per heavy atom. The normalized spacial score (nSPS) is 10.8. The number of hydrogen-bond acceptors (Lipinski definition) is 2. The number of nitrogens with zero attached hydrogens (tertiary/aromatic N) is 1. The molecule has 1 aromatic rings. The first-order chi connectivity index (χ1) is 5.77. The summed E-state index contributed by atoms with van der Waals surface area (Å²) in [5, 5.41) is 1.10. The number of hydrogen-bond donors (Lipinski definition) is 0. The van der Waals surface area contributed by atoms with Gasteiger partial charge in [-0.05, 0) is 25.5 Å². The predicted molar refractivity (Wildman–Crippen MR) is 56.3 cm³/mol. The third-order valence-electron chi connectivity index (χ3n) is 1.48. The zero-order chi connectivity index (χ0) is 8.97. The van der Waals surface area contributed by atoms with Crippen molar-refractivity contribution in [3.05, 3.63) is 28.2 Å². The first-order valence-corrected chi connectivity index (χ1v) is 4.86. The van der Waals surface area contributed by atoms with Crippen LogP contribution >= 0.6 is 11.3 Å². The summed E-state index contributed by atoms with van der Waals surface area (Å²) in [6, 6.07) is 0. The Hall–Kier alpha value is -0.890. The predicted octanol–water partition coefficient (Wildman–Crippen LogP) is 3.52. The molecule has 0 saturated heterocycles. The summed E-state index contributed by atoms with van der Waals surface area (Å²) >= 11 is 1.68. The lowest BCUT2D eigenvalue weighted by atomic mass is 10.3. The van der Waals surface area contributed by atoms with Crippen molar-refractivity contribution in [1.82, 2.24) is 4.98 Å². The molecule has 0 aliphatic carbocycles. The van der Waals surface area contributed by atoms with Gasteiger partial charge in [0.2, 0.25) is 0 Å². The summed E-state index contributed by atoms with van der Waals surface area (Å²) in [5.41, 5.74) is 1.05. The second-order valence-corrected chi connectivity index (χ2v) is 3.73. The Bertz CT molecular complexity index is 297. The molecule has 0 aromatic carbocycles. The molecule has 2 heteroatoms. The summed E-state index contributed by atoms with van der Waals surface area (Å²) in [5.74, 6) is 0. The summed E-state index contributed by atoms with van der Waals surface area (Å²) < 4.78 is 0. The van der Waals surface area contributed by atoms with Gasteiger partial charge in [-0.1, -0.05) is 19.6 Å². The average Bonchev–Trinajstić information content (AvgIpc) is 2.42. The summed E-state index contributed by atoms with van der Waals surface area (Å²) in [4.78, 5) is 5.54. The number of aryl methyl sites for hydroxylation is 1. The first-order valence-electron chi connectivity index (χ1n) is 4.04. The van der Waals surface area contributed by atoms with Crippen molar-refractivity contribution >= 4 is 23.5 Å². The number of aromatic nitrogens is 1. The van der Waals surface area contributed by atoms with E-state index in [1.54, 1.807) is 11.3 Å². The molecule has 0 spiro atoms. The molecule has 0 aliphatic rings. The van der Waals surface area contributed by atoms with Crippen molar-refractivity contribution in [1.29, 1.82) is 0 Å². The second-order valence-electron chi connectivity index (χ2n) is 2.50. The molecule has 0 atom stereocenters. The number of thiazole rings is 1. The fourth-order valence-corrected chi connectivity index (χ4v) is 1.72. The Morgan fingerprint density at radius 2 is 2.33 bits per heavy atom. The zero-order valence-electron chi connectivity index (χ0n) is 7.50. The van der Waals surface area contributed by atoms with Gasteiger partial charge in [-0.15, -0.1) is 11.3 Å². The molecular weight excluding hydrogens is 166 g/mol. The fraction of sp³-hybridized carbons (Fsp3) is 0.300. The van der Waals surface area contributed by atoms with Crippen LogP contribution in [0.4, 0.5) is 0 Å². The molecule has 1 heterocycles. The maximum atomic E-state index is 4.38. The average molecular weight is 179 g/mol. The molecular formula is C10H13NS. The van der Waals surface area contributed by atoms with Gasteiger partial charge in [-0.3, -0.25) is 0 Å². The second kappa shape index (κ2) is 4.21. The molecule has 0 amide bonds. The van der Waals surface area contributed by atoms with Gasteiger partial charge in [0, 0.05) is 0 Å². The SMILES string of the molecule is C=Cc1sc(C)nc1/C=C\CC. The quantitative estimate of drug-likeness (QED) is 0.692. The van der Waals surface area contributed by atoms with Crippen LogP contribution in [0.1, 0.15) is 28.9 Å². The van der Waals surface area contributed by atoms with Crippen molar-refractivity contribution in [3.8, 4) is 0 Å². The highest BCUT2D eigenvalue weighted by Crippen LogP contribution is 2.20. The zero-order valence-corrected chi connectivity index (χ0v) is 8.32. The van der Waals surface area contributed by atoms with Gasteiger partial charge >= 0.3 is 0 Å². The summed E-state index contributed by atoms with van der Waals surface area (Å²) in [6.07, 6.45) is 7.08. The van der Waals surface area contributed by atoms with Crippen molar-refractivity contribution in [3.63, 3.8) is 0 Å². The Labute approximate surface area is 77.5 Å². The highest BCUT2D eigenvalue weighted by atomic mass is 32.1. The first kappa shape index (κ1) is 9.20. The van der Waals surface area contributed by atoms with E-state index in [4.69, 9.17) is 0 Å². The van der Waals surface area contributed by atoms with Gasteiger partial charge in [0.25, 0.3) is 0 Å². The molecule has 0 N–H and O–H groups in total. The van der Waals surface area contributed by atoms with E-state index in [0.29, 0.717) is 0 Å². The fourth-order valence-electron chi connectivity index (χ4n) is 0.954. The van der Waals surface area contributed by atoms with Gasteiger partial charge in [0.05, 0.1) is 15.6 Å². The van der Waals surface area contributed by atoms with Crippen molar-refractivity contribution in [2.75, 3.05) is 0 Å². The minimum absolute atomic E-state index is 1.05. The topological polar surface area (TPSA) is 12.9 Å². The molecule has 12 heavy (non-hydrogen) atoms. The summed E-state index contributed by atoms with van der Waals surface area (Å²) in [7, 11) is 0. The van der Waals surface area contributed by atoms with E-state index in [9.17, 15) is 0 Å². The molecule has 0 radical (unpaired) electrons. The minimum atomic E-state index is 1.05. The van der Waals surface area contributed by atoms with Crippen molar-refractivity contribution in [2.45, 2.75) is 20.3 Å². The highest BCUT2D eigenvalue weighted by molar-refractivity contribution is 7.12. The van der Waals surface area contributed by atoms with Gasteiger partial charge < -0.3 is 0 Å². The van der Waals surface area contributed by atoms with Crippen molar-refractivity contribution in [2.24, 2.45) is 0 Å². The van der Waals surface area contributed by atoms with Crippen LogP contribution in [0.15, 0.2) is 12.7 Å². The van der Waals surface area contributed by atoms with Crippen LogP contribution in [0, 0.1) is 6.92 Å². The van der Waals surface area contributed by atoms with Crippen LogP contribution in [0.5, 0.6) is 0 Å². The van der Waals surface area contributed by atoms with E-state index >= 15 is 0 Å². The Morgan fingerprint density at radius 3 is 2.92 bits per heavy atom. The Balaban J connectivity index is 2.96. The van der Waals surface area contributed by atoms with E-state index in [2.05, 4.69) is 30.6 Å². The van der Waals surface area contributed by atoms with E-state index < -0.39 is 0 Å². The molecule has 1 nitrogen and oxygen atoms in total. The van der Waals surface area contributed by atoms with Crippen molar-refractivity contribution < 1.29 is 0 Å². The van der Waals surface area contributed by atoms with Crippen LogP contribution in [-0.2, 0) is 0 Å². The van der Waals surface area contributed by atoms with E-state index in [0.717, 1.165) is 22.0 Å². The standard InChI is InChI=1S/C10H13NS/c1-4-6-7-9-10(5-2)12-8(3)11-9/h5-7H,2,4H2,1,3H3/b7-6-. The van der Waals surface area contributed by atoms with Crippen LogP contribution in [-0.4, -0.2) is 4.98 Å². The molecule has 1 rings (SSSR count). The van der Waals surface area contributed by atoms with Gasteiger partial charge in [0.1, 0.15) is 0 Å². The van der Waals surface area contributed by atoms with E-state index in [1.807, 2.05) is 13.0 Å². The molecule has 0 saturated carbocycles. The lowest BCUT2D eigenvalue weighted by Gasteiger charge is -1.86. The lowest BCUT2D eigenvalue weighted by Crippen LogP contribution is -1.74. The maximum absolute atomic E-state index is 4.38. The largest absolute Gasteiger partial charge is 0.242 e.